The first-order chi connectivity index (χ1) is 13.2. The molecule has 0 aliphatic carbocycles. The summed E-state index contributed by atoms with van der Waals surface area (Å²) in [6, 6.07) is 14.4. The molecule has 1 amide bonds. The highest BCUT2D eigenvalue weighted by Gasteiger charge is 2.26. The minimum absolute atomic E-state index is 0.169. The first kappa shape index (κ1) is 18.3. The van der Waals surface area contributed by atoms with E-state index in [1.54, 1.807) is 11.3 Å². The average molecular weight is 399 g/mol. The maximum atomic E-state index is 12.7. The standard InChI is InChI=1S/C20H22N4OS2/c1-15(19(25)23-11-5-6-12-23)27-20-22-21-18(17-10-7-13-26-17)24(20)14-16-8-3-2-4-9-16/h2-4,7-10,13,15H,5-6,11-12,14H2,1H3. The van der Waals surface area contributed by atoms with Crippen LogP contribution in [0.25, 0.3) is 10.7 Å². The maximum absolute atomic E-state index is 12.7. The number of hydrogen-bond acceptors (Lipinski definition) is 5. The van der Waals surface area contributed by atoms with Gasteiger partial charge in [-0.05, 0) is 36.8 Å². The summed E-state index contributed by atoms with van der Waals surface area (Å²) >= 11 is 3.16. The van der Waals surface area contributed by atoms with Gasteiger partial charge >= 0.3 is 0 Å². The Kier molecular flexibility index (Phi) is 5.59. The first-order valence-corrected chi connectivity index (χ1v) is 10.9. The summed E-state index contributed by atoms with van der Waals surface area (Å²) in [5.74, 6) is 1.06. The van der Waals surface area contributed by atoms with Crippen LogP contribution in [-0.2, 0) is 11.3 Å². The fourth-order valence-electron chi connectivity index (χ4n) is 3.28. The van der Waals surface area contributed by atoms with Gasteiger partial charge in [0.05, 0.1) is 16.7 Å². The zero-order chi connectivity index (χ0) is 18.6. The summed E-state index contributed by atoms with van der Waals surface area (Å²) in [7, 11) is 0. The van der Waals surface area contributed by atoms with Gasteiger partial charge in [0.15, 0.2) is 11.0 Å². The fraction of sp³-hybridized carbons (Fsp3) is 0.350. The molecule has 0 bridgehead atoms. The molecule has 1 atom stereocenters. The Morgan fingerprint density at radius 1 is 1.15 bits per heavy atom. The van der Waals surface area contributed by atoms with Crippen molar-refractivity contribution >= 4 is 29.0 Å². The van der Waals surface area contributed by atoms with E-state index in [1.807, 2.05) is 41.5 Å². The molecule has 27 heavy (non-hydrogen) atoms. The minimum Gasteiger partial charge on any atom is -0.342 e. The topological polar surface area (TPSA) is 51.0 Å². The number of thioether (sulfide) groups is 1. The van der Waals surface area contributed by atoms with Crippen LogP contribution in [0.2, 0.25) is 0 Å². The van der Waals surface area contributed by atoms with Crippen molar-refractivity contribution in [2.75, 3.05) is 13.1 Å². The maximum Gasteiger partial charge on any atom is 0.235 e. The molecule has 0 saturated carbocycles. The lowest BCUT2D eigenvalue weighted by Crippen LogP contribution is -2.34. The smallest absolute Gasteiger partial charge is 0.235 e. The van der Waals surface area contributed by atoms with E-state index in [2.05, 4.69) is 33.0 Å². The van der Waals surface area contributed by atoms with Crippen molar-refractivity contribution in [2.24, 2.45) is 0 Å². The van der Waals surface area contributed by atoms with Crippen LogP contribution in [0.3, 0.4) is 0 Å². The summed E-state index contributed by atoms with van der Waals surface area (Å²) in [6.07, 6.45) is 2.21. The Morgan fingerprint density at radius 3 is 2.63 bits per heavy atom. The number of thiophene rings is 1. The Labute approximate surface area is 167 Å². The molecule has 1 fully saturated rings. The number of nitrogens with zero attached hydrogens (tertiary/aromatic N) is 4. The van der Waals surface area contributed by atoms with E-state index < -0.39 is 0 Å². The van der Waals surface area contributed by atoms with Gasteiger partial charge in [-0.2, -0.15) is 0 Å². The van der Waals surface area contributed by atoms with Gasteiger partial charge < -0.3 is 4.90 Å². The highest BCUT2D eigenvalue weighted by molar-refractivity contribution is 8.00. The van der Waals surface area contributed by atoms with Crippen molar-refractivity contribution in [1.82, 2.24) is 19.7 Å². The molecule has 1 saturated heterocycles. The number of likely N-dealkylation sites (tertiary alicyclic amines) is 1. The van der Waals surface area contributed by atoms with Crippen LogP contribution in [0.1, 0.15) is 25.3 Å². The second-order valence-corrected chi connectivity index (χ2v) is 8.90. The number of amides is 1. The molecule has 1 aliphatic rings. The number of carbonyl (C=O) groups is 1. The van der Waals surface area contributed by atoms with Crippen molar-refractivity contribution in [1.29, 1.82) is 0 Å². The molecular weight excluding hydrogens is 376 g/mol. The second kappa shape index (κ2) is 8.27. The molecule has 5 nitrogen and oxygen atoms in total. The Balaban J connectivity index is 1.60. The lowest BCUT2D eigenvalue weighted by Gasteiger charge is -2.20. The van der Waals surface area contributed by atoms with Crippen molar-refractivity contribution in [2.45, 2.75) is 36.7 Å². The van der Waals surface area contributed by atoms with Crippen LogP contribution < -0.4 is 0 Å². The van der Waals surface area contributed by atoms with Crippen LogP contribution in [0.15, 0.2) is 53.0 Å². The van der Waals surface area contributed by atoms with Gasteiger partial charge in [0, 0.05) is 13.1 Å². The SMILES string of the molecule is CC(Sc1nnc(-c2cccs2)n1Cc1ccccc1)C(=O)N1CCCC1. The zero-order valence-electron chi connectivity index (χ0n) is 15.2. The van der Waals surface area contributed by atoms with Gasteiger partial charge in [0.1, 0.15) is 0 Å². The molecule has 3 heterocycles. The fourth-order valence-corrected chi connectivity index (χ4v) is 4.93. The molecule has 1 aliphatic heterocycles. The Hall–Kier alpha value is -2.12. The van der Waals surface area contributed by atoms with Crippen molar-refractivity contribution in [3.8, 4) is 10.7 Å². The van der Waals surface area contributed by atoms with Crippen LogP contribution in [0.5, 0.6) is 0 Å². The number of hydrogen-bond donors (Lipinski definition) is 0. The van der Waals surface area contributed by atoms with Gasteiger partial charge in [0.2, 0.25) is 5.91 Å². The summed E-state index contributed by atoms with van der Waals surface area (Å²) < 4.78 is 2.12. The third-order valence-electron chi connectivity index (χ3n) is 4.69. The molecule has 2 aromatic heterocycles. The van der Waals surface area contributed by atoms with Crippen LogP contribution in [0, 0.1) is 0 Å². The summed E-state index contributed by atoms with van der Waals surface area (Å²) in [5.41, 5.74) is 1.19. The second-order valence-electron chi connectivity index (χ2n) is 6.65. The lowest BCUT2D eigenvalue weighted by atomic mass is 10.2. The molecule has 1 aromatic carbocycles. The molecule has 0 radical (unpaired) electrons. The highest BCUT2D eigenvalue weighted by Crippen LogP contribution is 2.30. The Bertz CT molecular complexity index is 886. The molecule has 3 aromatic rings. The minimum atomic E-state index is -0.169. The molecule has 0 spiro atoms. The van der Waals surface area contributed by atoms with Crippen molar-refractivity contribution in [3.05, 3.63) is 53.4 Å². The predicted molar refractivity (Wildman–Crippen MR) is 110 cm³/mol. The third kappa shape index (κ3) is 4.09. The summed E-state index contributed by atoms with van der Waals surface area (Å²) in [5, 5.41) is 11.5. The van der Waals surface area contributed by atoms with E-state index in [0.717, 1.165) is 41.8 Å². The molecule has 7 heteroatoms. The van der Waals surface area contributed by atoms with Crippen LogP contribution >= 0.6 is 23.1 Å². The average Bonchev–Trinajstić information content (AvgIpc) is 3.45. The number of rotatable bonds is 6. The highest BCUT2D eigenvalue weighted by atomic mass is 32.2. The van der Waals surface area contributed by atoms with Gasteiger partial charge in [0.25, 0.3) is 0 Å². The number of aromatic nitrogens is 3. The van der Waals surface area contributed by atoms with E-state index in [0.29, 0.717) is 6.54 Å². The number of benzene rings is 1. The van der Waals surface area contributed by atoms with Gasteiger partial charge in [-0.1, -0.05) is 48.2 Å². The summed E-state index contributed by atoms with van der Waals surface area (Å²) in [6.45, 7) is 4.41. The molecule has 140 valence electrons. The van der Waals surface area contributed by atoms with Gasteiger partial charge in [-0.3, -0.25) is 9.36 Å². The molecule has 4 rings (SSSR count). The van der Waals surface area contributed by atoms with Gasteiger partial charge in [-0.25, -0.2) is 0 Å². The monoisotopic (exact) mass is 398 g/mol. The van der Waals surface area contributed by atoms with E-state index in [-0.39, 0.29) is 11.2 Å². The lowest BCUT2D eigenvalue weighted by molar-refractivity contribution is -0.129. The third-order valence-corrected chi connectivity index (χ3v) is 6.62. The number of carbonyl (C=O) groups excluding carboxylic acids is 1. The molecule has 0 N–H and O–H groups in total. The molecular formula is C20H22N4OS2. The normalized spacial score (nSPS) is 15.2. The first-order valence-electron chi connectivity index (χ1n) is 9.19. The quantitative estimate of drug-likeness (QED) is 0.585. The van der Waals surface area contributed by atoms with E-state index in [1.165, 1.54) is 17.3 Å². The van der Waals surface area contributed by atoms with E-state index in [4.69, 9.17) is 0 Å². The van der Waals surface area contributed by atoms with E-state index >= 15 is 0 Å². The summed E-state index contributed by atoms with van der Waals surface area (Å²) in [4.78, 5) is 15.8. The van der Waals surface area contributed by atoms with Crippen LogP contribution in [-0.4, -0.2) is 43.9 Å². The zero-order valence-corrected chi connectivity index (χ0v) is 16.9. The van der Waals surface area contributed by atoms with Crippen LogP contribution in [0.4, 0.5) is 0 Å². The predicted octanol–water partition coefficient (Wildman–Crippen LogP) is 4.16. The van der Waals surface area contributed by atoms with Gasteiger partial charge in [-0.15, -0.1) is 21.5 Å². The van der Waals surface area contributed by atoms with Crippen molar-refractivity contribution < 1.29 is 4.79 Å². The van der Waals surface area contributed by atoms with Crippen molar-refractivity contribution in [3.63, 3.8) is 0 Å². The largest absolute Gasteiger partial charge is 0.342 e. The Morgan fingerprint density at radius 2 is 1.93 bits per heavy atom. The molecule has 1 unspecified atom stereocenters. The van der Waals surface area contributed by atoms with E-state index in [9.17, 15) is 4.79 Å².